The zero-order chi connectivity index (χ0) is 21.1. The van der Waals surface area contributed by atoms with E-state index in [4.69, 9.17) is 18.9 Å². The second-order valence-corrected chi connectivity index (χ2v) is 7.59. The third kappa shape index (κ3) is 8.38. The fraction of sp³-hybridized carbons (Fsp3) is 0.850. The average Bonchev–Trinajstić information content (AvgIpc) is 2.91. The highest BCUT2D eigenvalue weighted by atomic mass is 16.6. The van der Waals surface area contributed by atoms with Crippen molar-refractivity contribution in [3.8, 4) is 0 Å². The first-order valence-corrected chi connectivity index (χ1v) is 10.4. The molecule has 29 heavy (non-hydrogen) atoms. The van der Waals surface area contributed by atoms with E-state index in [-0.39, 0.29) is 23.6 Å². The highest BCUT2D eigenvalue weighted by Gasteiger charge is 2.34. The monoisotopic (exact) mass is 414 g/mol. The van der Waals surface area contributed by atoms with Crippen molar-refractivity contribution in [2.45, 2.75) is 26.7 Å². The molecule has 2 rings (SSSR count). The first-order chi connectivity index (χ1) is 14.0. The zero-order valence-electron chi connectivity index (χ0n) is 17.6. The summed E-state index contributed by atoms with van der Waals surface area (Å²) in [5.41, 5.74) is 0. The second kappa shape index (κ2) is 12.9. The van der Waals surface area contributed by atoms with Crippen LogP contribution in [0.1, 0.15) is 26.7 Å². The van der Waals surface area contributed by atoms with Crippen molar-refractivity contribution in [2.75, 3.05) is 72.5 Å². The molecule has 0 aromatic rings. The number of amides is 3. The molecular formula is C20H34N2O7. The SMILES string of the molecule is CC1CN(C(=O)CCOCCOCCOCCOCCN2C(=O)CC(C)C2=O)C1. The molecular weight excluding hydrogens is 380 g/mol. The van der Waals surface area contributed by atoms with Gasteiger partial charge in [-0.2, -0.15) is 0 Å². The number of likely N-dealkylation sites (tertiary alicyclic amines) is 2. The summed E-state index contributed by atoms with van der Waals surface area (Å²) in [6, 6.07) is 0. The van der Waals surface area contributed by atoms with Gasteiger partial charge in [0.2, 0.25) is 17.7 Å². The quantitative estimate of drug-likeness (QED) is 0.281. The van der Waals surface area contributed by atoms with Crippen molar-refractivity contribution >= 4 is 17.7 Å². The largest absolute Gasteiger partial charge is 0.379 e. The van der Waals surface area contributed by atoms with Crippen LogP contribution >= 0.6 is 0 Å². The van der Waals surface area contributed by atoms with E-state index in [1.54, 1.807) is 6.92 Å². The van der Waals surface area contributed by atoms with Crippen LogP contribution in [0.25, 0.3) is 0 Å². The molecule has 9 nitrogen and oxygen atoms in total. The summed E-state index contributed by atoms with van der Waals surface area (Å²) in [4.78, 5) is 38.2. The molecule has 0 saturated carbocycles. The van der Waals surface area contributed by atoms with Crippen LogP contribution in [-0.4, -0.2) is 100 Å². The molecule has 2 aliphatic rings. The van der Waals surface area contributed by atoms with E-state index in [0.29, 0.717) is 78.2 Å². The molecule has 2 fully saturated rings. The standard InChI is InChI=1S/C20H34N2O7/c1-16-14-21(15-16)18(23)3-5-26-7-9-28-11-12-29-10-8-27-6-4-22-19(24)13-17(2)20(22)25/h16-17H,3-15H2,1-2H3. The van der Waals surface area contributed by atoms with Gasteiger partial charge in [-0.25, -0.2) is 0 Å². The normalized spacial score (nSPS) is 19.9. The third-order valence-corrected chi connectivity index (χ3v) is 4.92. The smallest absolute Gasteiger partial charge is 0.232 e. The fourth-order valence-corrected chi connectivity index (χ4v) is 3.22. The number of hydrogen-bond donors (Lipinski definition) is 0. The maximum Gasteiger partial charge on any atom is 0.232 e. The van der Waals surface area contributed by atoms with Crippen molar-refractivity contribution < 1.29 is 33.3 Å². The van der Waals surface area contributed by atoms with Gasteiger partial charge in [0.05, 0.1) is 65.8 Å². The minimum absolute atomic E-state index is 0.117. The van der Waals surface area contributed by atoms with Gasteiger partial charge in [0.15, 0.2) is 0 Å². The molecule has 2 aliphatic heterocycles. The molecule has 2 saturated heterocycles. The molecule has 0 radical (unpaired) electrons. The van der Waals surface area contributed by atoms with E-state index < -0.39 is 0 Å². The lowest BCUT2D eigenvalue weighted by atomic mass is 10.0. The number of hydrogen-bond acceptors (Lipinski definition) is 7. The summed E-state index contributed by atoms with van der Waals surface area (Å²) < 4.78 is 21.6. The van der Waals surface area contributed by atoms with E-state index in [2.05, 4.69) is 6.92 Å². The fourth-order valence-electron chi connectivity index (χ4n) is 3.22. The van der Waals surface area contributed by atoms with Crippen molar-refractivity contribution in [3.05, 3.63) is 0 Å². The Labute approximate surface area is 172 Å². The molecule has 1 unspecified atom stereocenters. The third-order valence-electron chi connectivity index (χ3n) is 4.92. The number of rotatable bonds is 15. The predicted octanol–water partition coefficient (Wildman–Crippen LogP) is 0.316. The van der Waals surface area contributed by atoms with Crippen LogP contribution in [0.15, 0.2) is 0 Å². The molecule has 0 spiro atoms. The lowest BCUT2D eigenvalue weighted by Gasteiger charge is -2.37. The topological polar surface area (TPSA) is 94.6 Å². The number of carbonyl (C=O) groups excluding carboxylic acids is 3. The van der Waals surface area contributed by atoms with Crippen molar-refractivity contribution in [1.82, 2.24) is 9.80 Å². The van der Waals surface area contributed by atoms with Gasteiger partial charge < -0.3 is 23.8 Å². The molecule has 0 aliphatic carbocycles. The molecule has 0 N–H and O–H groups in total. The second-order valence-electron chi connectivity index (χ2n) is 7.59. The number of imide groups is 1. The van der Waals surface area contributed by atoms with E-state index in [0.717, 1.165) is 13.1 Å². The van der Waals surface area contributed by atoms with Gasteiger partial charge in [-0.15, -0.1) is 0 Å². The van der Waals surface area contributed by atoms with E-state index >= 15 is 0 Å². The van der Waals surface area contributed by atoms with E-state index in [1.807, 2.05) is 4.90 Å². The van der Waals surface area contributed by atoms with Crippen LogP contribution in [-0.2, 0) is 33.3 Å². The maximum absolute atomic E-state index is 11.7. The summed E-state index contributed by atoms with van der Waals surface area (Å²) in [7, 11) is 0. The van der Waals surface area contributed by atoms with Crippen LogP contribution in [0, 0.1) is 11.8 Å². The minimum atomic E-state index is -0.215. The Balaban J connectivity index is 1.29. The van der Waals surface area contributed by atoms with E-state index in [9.17, 15) is 14.4 Å². The van der Waals surface area contributed by atoms with Crippen LogP contribution in [0.3, 0.4) is 0 Å². The molecule has 1 atom stereocenters. The predicted molar refractivity (Wildman–Crippen MR) is 104 cm³/mol. The summed E-state index contributed by atoms with van der Waals surface area (Å²) in [6.07, 6.45) is 0.720. The van der Waals surface area contributed by atoms with Crippen molar-refractivity contribution in [2.24, 2.45) is 11.8 Å². The lowest BCUT2D eigenvalue weighted by molar-refractivity contribution is -0.140. The lowest BCUT2D eigenvalue weighted by Crippen LogP contribution is -2.48. The van der Waals surface area contributed by atoms with Crippen molar-refractivity contribution in [1.29, 1.82) is 0 Å². The Morgan fingerprint density at radius 2 is 1.38 bits per heavy atom. The number of ether oxygens (including phenoxy) is 4. The van der Waals surface area contributed by atoms with Gasteiger partial charge in [-0.1, -0.05) is 13.8 Å². The molecule has 0 aromatic carbocycles. The number of carbonyl (C=O) groups is 3. The highest BCUT2D eigenvalue weighted by molar-refractivity contribution is 6.03. The van der Waals surface area contributed by atoms with Crippen LogP contribution in [0.5, 0.6) is 0 Å². The van der Waals surface area contributed by atoms with Gasteiger partial charge in [-0.05, 0) is 5.92 Å². The van der Waals surface area contributed by atoms with E-state index in [1.165, 1.54) is 4.90 Å². The minimum Gasteiger partial charge on any atom is -0.379 e. The maximum atomic E-state index is 11.7. The van der Waals surface area contributed by atoms with Gasteiger partial charge in [-0.3, -0.25) is 19.3 Å². The van der Waals surface area contributed by atoms with Crippen LogP contribution in [0.2, 0.25) is 0 Å². The summed E-state index contributed by atoms with van der Waals surface area (Å²) in [5, 5.41) is 0. The van der Waals surface area contributed by atoms with Crippen LogP contribution in [0.4, 0.5) is 0 Å². The molecule has 0 bridgehead atoms. The molecule has 0 aromatic heterocycles. The Morgan fingerprint density at radius 3 is 1.86 bits per heavy atom. The molecule has 3 amide bonds. The van der Waals surface area contributed by atoms with Gasteiger partial charge in [0, 0.05) is 25.4 Å². The van der Waals surface area contributed by atoms with Crippen LogP contribution < -0.4 is 0 Å². The number of nitrogens with zero attached hydrogens (tertiary/aromatic N) is 2. The van der Waals surface area contributed by atoms with Gasteiger partial charge in [0.1, 0.15) is 0 Å². The van der Waals surface area contributed by atoms with Crippen molar-refractivity contribution in [3.63, 3.8) is 0 Å². The average molecular weight is 414 g/mol. The molecule has 2 heterocycles. The summed E-state index contributed by atoms with van der Waals surface area (Å²) in [6.45, 7) is 9.34. The Kier molecular flexibility index (Phi) is 10.5. The summed E-state index contributed by atoms with van der Waals surface area (Å²) in [5.74, 6) is 0.326. The zero-order valence-corrected chi connectivity index (χ0v) is 17.6. The Morgan fingerprint density at radius 1 is 0.862 bits per heavy atom. The molecule has 166 valence electrons. The highest BCUT2D eigenvalue weighted by Crippen LogP contribution is 2.18. The first kappa shape index (κ1) is 23.7. The Hall–Kier alpha value is -1.55. The summed E-state index contributed by atoms with van der Waals surface area (Å²) >= 11 is 0. The molecule has 9 heteroatoms. The first-order valence-electron chi connectivity index (χ1n) is 10.4. The van der Waals surface area contributed by atoms with Gasteiger partial charge in [0.25, 0.3) is 0 Å². The van der Waals surface area contributed by atoms with Gasteiger partial charge >= 0.3 is 0 Å². The Bertz CT molecular complexity index is 537.